The lowest BCUT2D eigenvalue weighted by Gasteiger charge is -2.15. The van der Waals surface area contributed by atoms with E-state index < -0.39 is 0 Å². The van der Waals surface area contributed by atoms with Gasteiger partial charge in [0.2, 0.25) is 0 Å². The maximum Gasteiger partial charge on any atom is -0.0199 e. The third kappa shape index (κ3) is 3.80. The van der Waals surface area contributed by atoms with Gasteiger partial charge in [-0.15, -0.1) is 6.58 Å². The Balaban J connectivity index is 2.25. The van der Waals surface area contributed by atoms with Crippen LogP contribution in [-0.4, -0.2) is 0 Å². The molecule has 0 spiro atoms. The second-order valence-corrected chi connectivity index (χ2v) is 4.19. The fourth-order valence-electron chi connectivity index (χ4n) is 2.27. The van der Waals surface area contributed by atoms with Crippen LogP contribution in [0.15, 0.2) is 24.8 Å². The molecule has 0 amide bonds. The predicted molar refractivity (Wildman–Crippen MR) is 59.7 cm³/mol. The molecule has 0 unspecified atom stereocenters. The average Bonchev–Trinajstić information content (AvgIpc) is 2.64. The van der Waals surface area contributed by atoms with E-state index in [0.717, 1.165) is 11.8 Å². The van der Waals surface area contributed by atoms with Crippen LogP contribution >= 0.6 is 0 Å². The van der Waals surface area contributed by atoms with Gasteiger partial charge in [-0.05, 0) is 31.6 Å². The highest BCUT2D eigenvalue weighted by atomic mass is 14.2. The highest BCUT2D eigenvalue weighted by molar-refractivity contribution is 4.89. The van der Waals surface area contributed by atoms with Crippen molar-refractivity contribution in [3.05, 3.63) is 24.8 Å². The first-order valence-electron chi connectivity index (χ1n) is 5.60. The monoisotopic (exact) mass is 178 g/mol. The highest BCUT2D eigenvalue weighted by Gasteiger charge is 2.17. The molecule has 0 heterocycles. The lowest BCUT2D eigenvalue weighted by Crippen LogP contribution is -2.02. The van der Waals surface area contributed by atoms with Crippen molar-refractivity contribution in [1.82, 2.24) is 0 Å². The van der Waals surface area contributed by atoms with Crippen molar-refractivity contribution in [3.8, 4) is 0 Å². The third-order valence-electron chi connectivity index (χ3n) is 3.12. The van der Waals surface area contributed by atoms with Crippen molar-refractivity contribution in [2.24, 2.45) is 11.8 Å². The molecule has 0 aromatic carbocycles. The van der Waals surface area contributed by atoms with Crippen LogP contribution in [0.4, 0.5) is 0 Å². The number of allylic oxidation sites excluding steroid dienone is 3. The molecule has 13 heavy (non-hydrogen) atoms. The molecule has 0 aliphatic heterocycles. The fourth-order valence-corrected chi connectivity index (χ4v) is 2.27. The zero-order chi connectivity index (χ0) is 9.52. The topological polar surface area (TPSA) is 0 Å². The zero-order valence-electron chi connectivity index (χ0n) is 8.84. The van der Waals surface area contributed by atoms with E-state index in [4.69, 9.17) is 0 Å². The Morgan fingerprint density at radius 2 is 2.08 bits per heavy atom. The van der Waals surface area contributed by atoms with Gasteiger partial charge >= 0.3 is 0 Å². The van der Waals surface area contributed by atoms with Crippen LogP contribution in [0, 0.1) is 11.8 Å². The smallest absolute Gasteiger partial charge is 0.0199 e. The molecule has 1 atom stereocenters. The summed E-state index contributed by atoms with van der Waals surface area (Å²) < 4.78 is 0. The highest BCUT2D eigenvalue weighted by Crippen LogP contribution is 2.31. The zero-order valence-corrected chi connectivity index (χ0v) is 8.84. The molecular formula is C13H22. The second kappa shape index (κ2) is 6.01. The molecule has 1 aliphatic rings. The molecule has 0 heteroatoms. The second-order valence-electron chi connectivity index (χ2n) is 4.19. The van der Waals surface area contributed by atoms with Gasteiger partial charge in [0.1, 0.15) is 0 Å². The van der Waals surface area contributed by atoms with Crippen LogP contribution < -0.4 is 0 Å². The molecular weight excluding hydrogens is 156 g/mol. The molecule has 1 aliphatic carbocycles. The van der Waals surface area contributed by atoms with E-state index in [2.05, 4.69) is 31.7 Å². The van der Waals surface area contributed by atoms with Crippen LogP contribution in [-0.2, 0) is 0 Å². The summed E-state index contributed by atoms with van der Waals surface area (Å²) in [4.78, 5) is 0. The van der Waals surface area contributed by atoms with Crippen LogP contribution in [0.1, 0.15) is 45.4 Å². The Kier molecular flexibility index (Phi) is 4.88. The number of rotatable bonds is 5. The van der Waals surface area contributed by atoms with E-state index >= 15 is 0 Å². The van der Waals surface area contributed by atoms with Crippen LogP contribution in [0.25, 0.3) is 0 Å². The quantitative estimate of drug-likeness (QED) is 0.549. The van der Waals surface area contributed by atoms with E-state index in [1.807, 2.05) is 0 Å². The maximum atomic E-state index is 3.92. The molecule has 0 nitrogen and oxygen atoms in total. The molecule has 74 valence electrons. The fraction of sp³-hybridized carbons (Fsp3) is 0.692. The normalized spacial score (nSPS) is 21.0. The Morgan fingerprint density at radius 3 is 2.62 bits per heavy atom. The van der Waals surface area contributed by atoms with Crippen LogP contribution in [0.3, 0.4) is 0 Å². The first kappa shape index (κ1) is 10.6. The van der Waals surface area contributed by atoms with Gasteiger partial charge in [-0.3, -0.25) is 0 Å². The summed E-state index contributed by atoms with van der Waals surface area (Å²) in [6, 6.07) is 0. The van der Waals surface area contributed by atoms with E-state index in [1.165, 1.54) is 38.5 Å². The van der Waals surface area contributed by atoms with Gasteiger partial charge < -0.3 is 0 Å². The minimum absolute atomic E-state index is 0.722. The predicted octanol–water partition coefficient (Wildman–Crippen LogP) is 4.34. The molecule has 1 rings (SSSR count). The summed E-state index contributed by atoms with van der Waals surface area (Å²) in [6.45, 7) is 6.02. The lowest BCUT2D eigenvalue weighted by atomic mass is 9.91. The Hall–Kier alpha value is -0.520. The summed E-state index contributed by atoms with van der Waals surface area (Å²) in [6.07, 6.45) is 14.9. The molecule has 0 bridgehead atoms. The molecule has 0 aromatic rings. The molecule has 0 N–H and O–H groups in total. The van der Waals surface area contributed by atoms with Crippen molar-refractivity contribution in [2.75, 3.05) is 0 Å². The van der Waals surface area contributed by atoms with Crippen molar-refractivity contribution in [2.45, 2.75) is 45.4 Å². The Labute approximate surface area is 82.7 Å². The number of hydrogen-bond acceptors (Lipinski definition) is 0. The molecule has 0 saturated heterocycles. The average molecular weight is 178 g/mol. The van der Waals surface area contributed by atoms with Gasteiger partial charge in [0.25, 0.3) is 0 Å². The van der Waals surface area contributed by atoms with E-state index in [9.17, 15) is 0 Å². The first-order chi connectivity index (χ1) is 6.36. The largest absolute Gasteiger partial charge is 0.103 e. The summed E-state index contributed by atoms with van der Waals surface area (Å²) in [5.74, 6) is 1.72. The van der Waals surface area contributed by atoms with Gasteiger partial charge in [0, 0.05) is 0 Å². The van der Waals surface area contributed by atoms with Crippen molar-refractivity contribution in [3.63, 3.8) is 0 Å². The maximum absolute atomic E-state index is 3.92. The van der Waals surface area contributed by atoms with Gasteiger partial charge in [-0.1, -0.05) is 43.9 Å². The van der Waals surface area contributed by atoms with Gasteiger partial charge in [0.05, 0.1) is 0 Å². The minimum Gasteiger partial charge on any atom is -0.103 e. The van der Waals surface area contributed by atoms with Crippen molar-refractivity contribution in [1.29, 1.82) is 0 Å². The first-order valence-corrected chi connectivity index (χ1v) is 5.60. The van der Waals surface area contributed by atoms with E-state index in [0.29, 0.717) is 0 Å². The van der Waals surface area contributed by atoms with E-state index in [-0.39, 0.29) is 0 Å². The van der Waals surface area contributed by atoms with E-state index in [1.54, 1.807) is 0 Å². The number of hydrogen-bond donors (Lipinski definition) is 0. The van der Waals surface area contributed by atoms with Crippen molar-refractivity contribution < 1.29 is 0 Å². The Bertz CT molecular complexity index is 161. The minimum atomic E-state index is 0.722. The van der Waals surface area contributed by atoms with Crippen molar-refractivity contribution >= 4 is 0 Å². The summed E-state index contributed by atoms with van der Waals surface area (Å²) in [7, 11) is 0. The summed E-state index contributed by atoms with van der Waals surface area (Å²) >= 11 is 0. The lowest BCUT2D eigenvalue weighted by molar-refractivity contribution is 0.428. The molecule has 1 fully saturated rings. The van der Waals surface area contributed by atoms with Crippen LogP contribution in [0.5, 0.6) is 0 Å². The van der Waals surface area contributed by atoms with Gasteiger partial charge in [-0.2, -0.15) is 0 Å². The third-order valence-corrected chi connectivity index (χ3v) is 3.12. The molecule has 1 saturated carbocycles. The van der Waals surface area contributed by atoms with Gasteiger partial charge in [-0.25, -0.2) is 0 Å². The molecule has 0 aromatic heterocycles. The van der Waals surface area contributed by atoms with Crippen LogP contribution in [0.2, 0.25) is 0 Å². The Morgan fingerprint density at radius 1 is 1.38 bits per heavy atom. The summed E-state index contributed by atoms with van der Waals surface area (Å²) in [5, 5.41) is 0. The van der Waals surface area contributed by atoms with Gasteiger partial charge in [0.15, 0.2) is 0 Å². The SMILES string of the molecule is C=C[C@@H](C/C=C/C)CC1CCCC1. The molecule has 0 radical (unpaired) electrons. The standard InChI is InChI=1S/C13H22/c1-3-5-8-12(4-2)11-13-9-6-7-10-13/h3-5,12-13H,2,6-11H2,1H3/b5-3+/t12-/m0/s1. The summed E-state index contributed by atoms with van der Waals surface area (Å²) in [5.41, 5.74) is 0.